The first-order valence-corrected chi connectivity index (χ1v) is 8.25. The number of nitrogens with one attached hydrogen (secondary N) is 1. The summed E-state index contributed by atoms with van der Waals surface area (Å²) < 4.78 is 14.0. The van der Waals surface area contributed by atoms with Crippen LogP contribution in [0.3, 0.4) is 0 Å². The maximum atomic E-state index is 14.0. The van der Waals surface area contributed by atoms with E-state index in [0.717, 1.165) is 24.9 Å². The zero-order valence-corrected chi connectivity index (χ0v) is 13.1. The molecule has 2 atom stereocenters. The lowest BCUT2D eigenvalue weighted by atomic mass is 9.88. The van der Waals surface area contributed by atoms with Crippen molar-refractivity contribution >= 4 is 11.6 Å². The van der Waals surface area contributed by atoms with Crippen molar-refractivity contribution in [2.24, 2.45) is 5.92 Å². The Balaban J connectivity index is 2.06. The van der Waals surface area contributed by atoms with Crippen LogP contribution in [0.1, 0.15) is 51.0 Å². The summed E-state index contributed by atoms with van der Waals surface area (Å²) in [6.07, 6.45) is 8.27. The van der Waals surface area contributed by atoms with Gasteiger partial charge >= 0.3 is 0 Å². The Morgan fingerprint density at radius 2 is 2.05 bits per heavy atom. The molecule has 0 radical (unpaired) electrons. The fourth-order valence-corrected chi connectivity index (χ4v) is 3.36. The third-order valence-corrected chi connectivity index (χ3v) is 4.55. The van der Waals surface area contributed by atoms with E-state index in [1.54, 1.807) is 6.07 Å². The second kappa shape index (κ2) is 7.99. The lowest BCUT2D eigenvalue weighted by molar-refractivity contribution is 0.329. The van der Waals surface area contributed by atoms with Gasteiger partial charge in [0.1, 0.15) is 5.82 Å². The number of rotatable bonds is 5. The number of hydrogen-bond acceptors (Lipinski definition) is 1. The molecule has 20 heavy (non-hydrogen) atoms. The van der Waals surface area contributed by atoms with Crippen molar-refractivity contribution in [3.05, 3.63) is 34.6 Å². The Morgan fingerprint density at radius 3 is 2.80 bits per heavy atom. The Bertz CT molecular complexity index is 421. The standard InChI is InChI=1S/C17H25ClFN/c1-2-10-20-17-7-5-3-4-6-14(17)11-13-8-9-15(18)12-16(13)19/h8-9,12,14,17,20H,2-7,10-11H2,1H3. The third-order valence-electron chi connectivity index (χ3n) is 4.31. The van der Waals surface area contributed by atoms with Crippen molar-refractivity contribution in [3.63, 3.8) is 0 Å². The van der Waals surface area contributed by atoms with E-state index in [-0.39, 0.29) is 5.82 Å². The molecule has 0 aliphatic heterocycles. The van der Waals surface area contributed by atoms with Gasteiger partial charge in [0.05, 0.1) is 0 Å². The summed E-state index contributed by atoms with van der Waals surface area (Å²) in [7, 11) is 0. The zero-order chi connectivity index (χ0) is 14.4. The summed E-state index contributed by atoms with van der Waals surface area (Å²) >= 11 is 5.83. The molecule has 0 saturated heterocycles. The predicted octanol–water partition coefficient (Wildman–Crippen LogP) is 4.97. The van der Waals surface area contributed by atoms with Crippen molar-refractivity contribution in [3.8, 4) is 0 Å². The maximum absolute atomic E-state index is 14.0. The fraction of sp³-hybridized carbons (Fsp3) is 0.647. The van der Waals surface area contributed by atoms with E-state index in [0.29, 0.717) is 17.0 Å². The molecule has 0 bridgehead atoms. The summed E-state index contributed by atoms with van der Waals surface area (Å²) in [5, 5.41) is 4.14. The van der Waals surface area contributed by atoms with Crippen LogP contribution in [0.4, 0.5) is 4.39 Å². The van der Waals surface area contributed by atoms with Crippen LogP contribution in [0.5, 0.6) is 0 Å². The van der Waals surface area contributed by atoms with E-state index in [2.05, 4.69) is 12.2 Å². The Morgan fingerprint density at radius 1 is 1.25 bits per heavy atom. The van der Waals surface area contributed by atoms with Crippen LogP contribution in [-0.4, -0.2) is 12.6 Å². The molecule has 1 aliphatic carbocycles. The molecule has 1 aliphatic rings. The van der Waals surface area contributed by atoms with Gasteiger partial charge in [0.25, 0.3) is 0 Å². The van der Waals surface area contributed by atoms with Crippen molar-refractivity contribution in [2.75, 3.05) is 6.54 Å². The first-order chi connectivity index (χ1) is 9.70. The number of benzene rings is 1. The molecule has 0 amide bonds. The second-order valence-corrected chi connectivity index (χ2v) is 6.33. The maximum Gasteiger partial charge on any atom is 0.127 e. The molecule has 1 nitrogen and oxygen atoms in total. The predicted molar refractivity (Wildman–Crippen MR) is 83.8 cm³/mol. The van der Waals surface area contributed by atoms with Crippen LogP contribution in [0.25, 0.3) is 0 Å². The van der Waals surface area contributed by atoms with Gasteiger partial charge < -0.3 is 5.32 Å². The normalized spacial score (nSPS) is 23.6. The molecule has 2 unspecified atom stereocenters. The SMILES string of the molecule is CCCNC1CCCCCC1Cc1ccc(Cl)cc1F. The summed E-state index contributed by atoms with van der Waals surface area (Å²) in [6, 6.07) is 5.61. The monoisotopic (exact) mass is 297 g/mol. The highest BCUT2D eigenvalue weighted by Crippen LogP contribution is 2.28. The van der Waals surface area contributed by atoms with Crippen LogP contribution in [0.2, 0.25) is 5.02 Å². The Labute approximate surface area is 126 Å². The van der Waals surface area contributed by atoms with Gasteiger partial charge in [-0.05, 0) is 55.8 Å². The minimum atomic E-state index is -0.156. The van der Waals surface area contributed by atoms with E-state index in [1.165, 1.54) is 38.2 Å². The van der Waals surface area contributed by atoms with E-state index >= 15 is 0 Å². The van der Waals surface area contributed by atoms with Crippen LogP contribution < -0.4 is 5.32 Å². The third kappa shape index (κ3) is 4.46. The van der Waals surface area contributed by atoms with Crippen molar-refractivity contribution in [1.29, 1.82) is 0 Å². The summed E-state index contributed by atoms with van der Waals surface area (Å²) in [5.74, 6) is 0.385. The number of hydrogen-bond donors (Lipinski definition) is 1. The van der Waals surface area contributed by atoms with Gasteiger partial charge in [-0.15, -0.1) is 0 Å². The van der Waals surface area contributed by atoms with Gasteiger partial charge in [-0.2, -0.15) is 0 Å². The van der Waals surface area contributed by atoms with Gasteiger partial charge in [0, 0.05) is 11.1 Å². The molecule has 1 aromatic rings. The van der Waals surface area contributed by atoms with Crippen LogP contribution >= 0.6 is 11.6 Å². The van der Waals surface area contributed by atoms with Crippen molar-refractivity contribution in [1.82, 2.24) is 5.32 Å². The first-order valence-electron chi connectivity index (χ1n) is 7.88. The first kappa shape index (κ1) is 15.8. The molecule has 0 aromatic heterocycles. The van der Waals surface area contributed by atoms with Crippen LogP contribution in [0, 0.1) is 11.7 Å². The molecule has 112 valence electrons. The van der Waals surface area contributed by atoms with Gasteiger partial charge in [-0.25, -0.2) is 4.39 Å². The van der Waals surface area contributed by atoms with Crippen LogP contribution in [-0.2, 0) is 6.42 Å². The zero-order valence-electron chi connectivity index (χ0n) is 12.3. The average molecular weight is 298 g/mol. The average Bonchev–Trinajstić information content (AvgIpc) is 2.65. The molecule has 3 heteroatoms. The van der Waals surface area contributed by atoms with E-state index in [1.807, 2.05) is 6.07 Å². The summed E-state index contributed by atoms with van der Waals surface area (Å²) in [6.45, 7) is 3.25. The van der Waals surface area contributed by atoms with Gasteiger partial charge in [0.2, 0.25) is 0 Å². The highest BCUT2D eigenvalue weighted by Gasteiger charge is 2.24. The van der Waals surface area contributed by atoms with Gasteiger partial charge in [-0.1, -0.05) is 43.9 Å². The van der Waals surface area contributed by atoms with E-state index in [9.17, 15) is 4.39 Å². The topological polar surface area (TPSA) is 12.0 Å². The summed E-state index contributed by atoms with van der Waals surface area (Å²) in [5.41, 5.74) is 0.810. The van der Waals surface area contributed by atoms with Crippen LogP contribution in [0.15, 0.2) is 18.2 Å². The molecular weight excluding hydrogens is 273 g/mol. The highest BCUT2D eigenvalue weighted by atomic mass is 35.5. The minimum Gasteiger partial charge on any atom is -0.314 e. The quantitative estimate of drug-likeness (QED) is 0.757. The van der Waals surface area contributed by atoms with E-state index < -0.39 is 0 Å². The molecule has 1 saturated carbocycles. The highest BCUT2D eigenvalue weighted by molar-refractivity contribution is 6.30. The Kier molecular flexibility index (Phi) is 6.31. The minimum absolute atomic E-state index is 0.156. The fourth-order valence-electron chi connectivity index (χ4n) is 3.20. The van der Waals surface area contributed by atoms with Gasteiger partial charge in [-0.3, -0.25) is 0 Å². The summed E-state index contributed by atoms with van der Waals surface area (Å²) in [4.78, 5) is 0. The van der Waals surface area contributed by atoms with Gasteiger partial charge in [0.15, 0.2) is 0 Å². The molecule has 1 N–H and O–H groups in total. The molecule has 1 aromatic carbocycles. The molecule has 2 rings (SSSR count). The second-order valence-electron chi connectivity index (χ2n) is 5.90. The largest absolute Gasteiger partial charge is 0.314 e. The lowest BCUT2D eigenvalue weighted by Crippen LogP contribution is -2.37. The molecule has 1 fully saturated rings. The van der Waals surface area contributed by atoms with Crippen molar-refractivity contribution < 1.29 is 4.39 Å². The molecule has 0 heterocycles. The molecule has 0 spiro atoms. The Hall–Kier alpha value is -0.600. The number of halogens is 2. The lowest BCUT2D eigenvalue weighted by Gasteiger charge is -2.26. The molecular formula is C17H25ClFN. The smallest absolute Gasteiger partial charge is 0.127 e. The van der Waals surface area contributed by atoms with Crippen molar-refractivity contribution in [2.45, 2.75) is 57.9 Å². The van der Waals surface area contributed by atoms with E-state index in [4.69, 9.17) is 11.6 Å².